The van der Waals surface area contributed by atoms with Crippen LogP contribution in [0, 0.1) is 0 Å². The summed E-state index contributed by atoms with van der Waals surface area (Å²) < 4.78 is 0. The molecule has 0 saturated carbocycles. The number of benzene rings is 1. The second-order valence-electron chi connectivity index (χ2n) is 5.84. The van der Waals surface area contributed by atoms with Crippen LogP contribution in [0.5, 0.6) is 0 Å². The third-order valence-corrected chi connectivity index (χ3v) is 4.85. The lowest BCUT2D eigenvalue weighted by atomic mass is 10.2. The van der Waals surface area contributed by atoms with Crippen LogP contribution in [-0.4, -0.2) is 25.1 Å². The topological polar surface area (TPSA) is 45.4 Å². The highest BCUT2D eigenvalue weighted by atomic mass is 35.5. The van der Waals surface area contributed by atoms with Crippen LogP contribution in [0.3, 0.4) is 0 Å². The molecule has 3 rings (SSSR count). The zero-order valence-electron chi connectivity index (χ0n) is 13.1. The molecule has 1 saturated heterocycles. The van der Waals surface area contributed by atoms with E-state index in [2.05, 4.69) is 17.0 Å². The van der Waals surface area contributed by atoms with Crippen LogP contribution in [0.4, 0.5) is 17.3 Å². The molecule has 0 bridgehead atoms. The van der Waals surface area contributed by atoms with Crippen molar-refractivity contribution < 1.29 is 0 Å². The molecule has 1 aromatic carbocycles. The summed E-state index contributed by atoms with van der Waals surface area (Å²) in [5.74, 6) is 1.40. The summed E-state index contributed by atoms with van der Waals surface area (Å²) in [5, 5.41) is 0.866. The first-order valence-electron chi connectivity index (χ1n) is 7.72. The van der Waals surface area contributed by atoms with E-state index in [9.17, 15) is 0 Å². The van der Waals surface area contributed by atoms with Gasteiger partial charge in [-0.3, -0.25) is 0 Å². The maximum atomic E-state index is 6.41. The van der Waals surface area contributed by atoms with Gasteiger partial charge >= 0.3 is 0 Å². The molecule has 0 atom stereocenters. The minimum Gasteiger partial charge on any atom is -0.396 e. The van der Waals surface area contributed by atoms with E-state index < -0.39 is 0 Å². The fourth-order valence-electron chi connectivity index (χ4n) is 2.86. The van der Waals surface area contributed by atoms with Gasteiger partial charge in [0, 0.05) is 26.7 Å². The summed E-state index contributed by atoms with van der Waals surface area (Å²) in [6.45, 7) is 2.61. The van der Waals surface area contributed by atoms with Crippen molar-refractivity contribution in [2.45, 2.75) is 19.4 Å². The first kappa shape index (κ1) is 16.2. The number of nitrogens with two attached hydrogens (primary N) is 1. The Kier molecular flexibility index (Phi) is 4.83. The van der Waals surface area contributed by atoms with Crippen LogP contribution in [-0.2, 0) is 6.54 Å². The van der Waals surface area contributed by atoms with E-state index in [1.54, 1.807) is 0 Å². The summed E-state index contributed by atoms with van der Waals surface area (Å²) in [5.41, 5.74) is 7.71. The molecular weight excluding hydrogens is 331 g/mol. The van der Waals surface area contributed by atoms with Gasteiger partial charge in [0.2, 0.25) is 0 Å². The third kappa shape index (κ3) is 3.33. The van der Waals surface area contributed by atoms with Crippen LogP contribution in [0.1, 0.15) is 18.4 Å². The van der Waals surface area contributed by atoms with E-state index in [0.717, 1.165) is 31.7 Å². The molecule has 2 N–H and O–H groups in total. The summed E-state index contributed by atoms with van der Waals surface area (Å²) >= 11 is 12.8. The highest BCUT2D eigenvalue weighted by Gasteiger charge is 2.23. The minimum atomic E-state index is 0.403. The van der Waals surface area contributed by atoms with Crippen LogP contribution < -0.4 is 15.5 Å². The lowest BCUT2D eigenvalue weighted by Crippen LogP contribution is -2.23. The highest BCUT2D eigenvalue weighted by molar-refractivity contribution is 6.41. The largest absolute Gasteiger partial charge is 0.396 e. The van der Waals surface area contributed by atoms with Gasteiger partial charge in [-0.1, -0.05) is 53.5 Å². The van der Waals surface area contributed by atoms with E-state index >= 15 is 0 Å². The fourth-order valence-corrected chi connectivity index (χ4v) is 3.44. The van der Waals surface area contributed by atoms with Crippen LogP contribution in [0.25, 0.3) is 0 Å². The number of aromatic nitrogens is 1. The lowest BCUT2D eigenvalue weighted by molar-refractivity contribution is 0.880. The van der Waals surface area contributed by atoms with Crippen molar-refractivity contribution >= 4 is 40.5 Å². The van der Waals surface area contributed by atoms with Crippen molar-refractivity contribution in [1.29, 1.82) is 0 Å². The Balaban J connectivity index is 1.94. The molecule has 6 heteroatoms. The molecule has 4 nitrogen and oxygen atoms in total. The SMILES string of the molecule is CN(Cc1ccccc1)c1nc(N2CCCC2)c(Cl)c(N)c1Cl. The van der Waals surface area contributed by atoms with E-state index in [4.69, 9.17) is 33.9 Å². The number of nitrogens with zero attached hydrogens (tertiary/aromatic N) is 3. The van der Waals surface area contributed by atoms with Gasteiger partial charge in [0.05, 0.1) is 5.69 Å². The smallest absolute Gasteiger partial charge is 0.152 e. The molecule has 2 aromatic rings. The second kappa shape index (κ2) is 6.85. The predicted octanol–water partition coefficient (Wildman–Crippen LogP) is 4.21. The summed E-state index contributed by atoms with van der Waals surface area (Å²) in [6, 6.07) is 10.2. The summed E-state index contributed by atoms with van der Waals surface area (Å²) in [6.07, 6.45) is 2.30. The van der Waals surface area contributed by atoms with Gasteiger partial charge < -0.3 is 15.5 Å². The molecule has 1 fully saturated rings. The van der Waals surface area contributed by atoms with Crippen molar-refractivity contribution in [2.24, 2.45) is 0 Å². The Hall–Kier alpha value is -1.65. The van der Waals surface area contributed by atoms with Gasteiger partial charge in [-0.2, -0.15) is 0 Å². The van der Waals surface area contributed by atoms with Gasteiger partial charge in [0.15, 0.2) is 11.6 Å². The Labute approximate surface area is 146 Å². The zero-order valence-corrected chi connectivity index (χ0v) is 14.6. The lowest BCUT2D eigenvalue weighted by Gasteiger charge is -2.25. The zero-order chi connectivity index (χ0) is 16.4. The Bertz CT molecular complexity index is 685. The van der Waals surface area contributed by atoms with Gasteiger partial charge in [-0.25, -0.2) is 4.98 Å². The number of rotatable bonds is 4. The molecule has 23 heavy (non-hydrogen) atoms. The molecule has 1 aromatic heterocycles. The number of hydrogen-bond donors (Lipinski definition) is 1. The molecule has 122 valence electrons. The molecular formula is C17H20Cl2N4. The first-order chi connectivity index (χ1) is 11.1. The van der Waals surface area contributed by atoms with Gasteiger partial charge in [-0.05, 0) is 18.4 Å². The summed E-state index contributed by atoms with van der Waals surface area (Å²) in [4.78, 5) is 8.90. The number of hydrogen-bond acceptors (Lipinski definition) is 4. The van der Waals surface area contributed by atoms with Gasteiger partial charge in [-0.15, -0.1) is 0 Å². The molecule has 0 radical (unpaired) electrons. The van der Waals surface area contributed by atoms with E-state index in [-0.39, 0.29) is 0 Å². The Morgan fingerprint density at radius 3 is 2.43 bits per heavy atom. The predicted molar refractivity (Wildman–Crippen MR) is 98.7 cm³/mol. The second-order valence-corrected chi connectivity index (χ2v) is 6.59. The van der Waals surface area contributed by atoms with Crippen LogP contribution in [0.2, 0.25) is 10.0 Å². The normalized spacial score (nSPS) is 14.3. The first-order valence-corrected chi connectivity index (χ1v) is 8.48. The molecule has 1 aliphatic rings. The standard InChI is InChI=1S/C17H20Cl2N4/c1-22(11-12-7-3-2-4-8-12)16-13(18)15(20)14(19)17(21-16)23-9-5-6-10-23/h2-4,7-8H,5-6,9-11H2,1H3,(H2,20,21). The van der Waals surface area contributed by atoms with Crippen LogP contribution in [0.15, 0.2) is 30.3 Å². The van der Waals surface area contributed by atoms with Crippen molar-refractivity contribution in [2.75, 3.05) is 35.7 Å². The number of nitrogen functional groups attached to an aromatic ring is 1. The highest BCUT2D eigenvalue weighted by Crippen LogP contribution is 2.41. The maximum absolute atomic E-state index is 6.41. The van der Waals surface area contributed by atoms with Crippen LogP contribution >= 0.6 is 23.2 Å². The van der Waals surface area contributed by atoms with Gasteiger partial charge in [0.1, 0.15) is 10.0 Å². The average Bonchev–Trinajstić information content (AvgIpc) is 3.08. The fraction of sp³-hybridized carbons (Fsp3) is 0.353. The molecule has 0 amide bonds. The minimum absolute atomic E-state index is 0.403. The molecule has 1 aliphatic heterocycles. The maximum Gasteiger partial charge on any atom is 0.152 e. The molecule has 0 unspecified atom stereocenters. The van der Waals surface area contributed by atoms with E-state index in [0.29, 0.717) is 28.1 Å². The Morgan fingerprint density at radius 2 is 1.78 bits per heavy atom. The van der Waals surface area contributed by atoms with Gasteiger partial charge in [0.25, 0.3) is 0 Å². The monoisotopic (exact) mass is 350 g/mol. The Morgan fingerprint density at radius 1 is 1.13 bits per heavy atom. The summed E-state index contributed by atoms with van der Waals surface area (Å²) in [7, 11) is 1.96. The molecule has 0 spiro atoms. The van der Waals surface area contributed by atoms with E-state index in [1.165, 1.54) is 5.56 Å². The number of anilines is 3. The average molecular weight is 351 g/mol. The van der Waals surface area contributed by atoms with Crippen molar-refractivity contribution in [3.8, 4) is 0 Å². The van der Waals surface area contributed by atoms with Crippen molar-refractivity contribution in [3.05, 3.63) is 45.9 Å². The molecule has 0 aliphatic carbocycles. The van der Waals surface area contributed by atoms with Crippen molar-refractivity contribution in [1.82, 2.24) is 4.98 Å². The quantitative estimate of drug-likeness (QED) is 0.896. The van der Waals surface area contributed by atoms with Crippen molar-refractivity contribution in [3.63, 3.8) is 0 Å². The third-order valence-electron chi connectivity index (χ3n) is 4.11. The van der Waals surface area contributed by atoms with E-state index in [1.807, 2.05) is 30.1 Å². The number of pyridine rings is 1. The number of halogens is 2. The molecule has 2 heterocycles.